The quantitative estimate of drug-likeness (QED) is 0.732. The summed E-state index contributed by atoms with van der Waals surface area (Å²) in [7, 11) is 0. The van der Waals surface area contributed by atoms with Gasteiger partial charge in [-0.1, -0.05) is 0 Å². The number of hydrogen-bond donors (Lipinski definition) is 0. The van der Waals surface area contributed by atoms with Crippen LogP contribution in [-0.2, 0) is 4.74 Å². The van der Waals surface area contributed by atoms with E-state index in [0.717, 1.165) is 31.0 Å². The number of carbonyl (C=O) groups excluding carboxylic acids is 2. The summed E-state index contributed by atoms with van der Waals surface area (Å²) in [5.41, 5.74) is 0.311. The molecule has 0 radical (unpaired) electrons. The van der Waals surface area contributed by atoms with Crippen LogP contribution in [0.4, 0.5) is 8.78 Å². The molecule has 164 valence electrons. The smallest absolute Gasteiger partial charge is 0.257 e. The van der Waals surface area contributed by atoms with Crippen molar-refractivity contribution in [1.82, 2.24) is 9.80 Å². The molecule has 4 rings (SSSR count). The van der Waals surface area contributed by atoms with Gasteiger partial charge in [0.05, 0.1) is 24.8 Å². The molecule has 2 heterocycles. The van der Waals surface area contributed by atoms with Crippen LogP contribution < -0.4 is 4.74 Å². The molecule has 2 aromatic rings. The molecule has 0 N–H and O–H groups in total. The Morgan fingerprint density at radius 3 is 2.48 bits per heavy atom. The lowest BCUT2D eigenvalue weighted by Crippen LogP contribution is -2.40. The molecule has 1 atom stereocenters. The third-order valence-electron chi connectivity index (χ3n) is 5.64. The van der Waals surface area contributed by atoms with Gasteiger partial charge in [0, 0.05) is 25.2 Å². The van der Waals surface area contributed by atoms with Crippen LogP contribution >= 0.6 is 0 Å². The van der Waals surface area contributed by atoms with Crippen molar-refractivity contribution in [3.8, 4) is 5.75 Å². The van der Waals surface area contributed by atoms with Gasteiger partial charge < -0.3 is 19.3 Å². The molecule has 0 aliphatic carbocycles. The van der Waals surface area contributed by atoms with Gasteiger partial charge in [0.15, 0.2) is 0 Å². The molecule has 0 saturated carbocycles. The Labute approximate surface area is 179 Å². The zero-order valence-corrected chi connectivity index (χ0v) is 17.1. The van der Waals surface area contributed by atoms with Crippen molar-refractivity contribution < 1.29 is 27.8 Å². The largest absolute Gasteiger partial charge is 0.491 e. The van der Waals surface area contributed by atoms with E-state index in [1.54, 1.807) is 29.2 Å². The first-order valence-electron chi connectivity index (χ1n) is 10.4. The maximum atomic E-state index is 14.0. The fourth-order valence-electron chi connectivity index (χ4n) is 3.93. The van der Waals surface area contributed by atoms with E-state index in [4.69, 9.17) is 9.47 Å². The molecular weight excluding hydrogens is 406 g/mol. The van der Waals surface area contributed by atoms with Crippen LogP contribution in [0.2, 0.25) is 0 Å². The Morgan fingerprint density at radius 2 is 1.74 bits per heavy atom. The number of likely N-dealkylation sites (tertiary alicyclic amines) is 1. The van der Waals surface area contributed by atoms with E-state index in [9.17, 15) is 18.4 Å². The summed E-state index contributed by atoms with van der Waals surface area (Å²) in [6.07, 6.45) is 1.49. The van der Waals surface area contributed by atoms with Crippen LogP contribution in [0.5, 0.6) is 5.75 Å². The Kier molecular flexibility index (Phi) is 6.46. The molecular formula is C23H24F2N2O4. The molecule has 6 nitrogen and oxygen atoms in total. The minimum absolute atomic E-state index is 0.0421. The van der Waals surface area contributed by atoms with Crippen molar-refractivity contribution in [2.45, 2.75) is 18.9 Å². The van der Waals surface area contributed by atoms with Crippen LogP contribution in [0.15, 0.2) is 42.5 Å². The van der Waals surface area contributed by atoms with E-state index >= 15 is 0 Å². The van der Waals surface area contributed by atoms with Crippen molar-refractivity contribution in [1.29, 1.82) is 0 Å². The minimum Gasteiger partial charge on any atom is -0.491 e. The second-order valence-corrected chi connectivity index (χ2v) is 7.66. The maximum absolute atomic E-state index is 14.0. The van der Waals surface area contributed by atoms with Crippen molar-refractivity contribution >= 4 is 11.8 Å². The van der Waals surface area contributed by atoms with Gasteiger partial charge >= 0.3 is 0 Å². The van der Waals surface area contributed by atoms with Crippen molar-refractivity contribution in [2.75, 3.05) is 39.5 Å². The highest BCUT2D eigenvalue weighted by Gasteiger charge is 2.31. The summed E-state index contributed by atoms with van der Waals surface area (Å²) in [6.45, 7) is 2.95. The fraction of sp³-hybridized carbons (Fsp3) is 0.391. The van der Waals surface area contributed by atoms with Crippen LogP contribution in [0.3, 0.4) is 0 Å². The molecule has 2 saturated heterocycles. The molecule has 2 fully saturated rings. The second kappa shape index (κ2) is 9.43. The molecule has 2 amide bonds. The van der Waals surface area contributed by atoms with E-state index < -0.39 is 17.5 Å². The van der Waals surface area contributed by atoms with Gasteiger partial charge in [-0.25, -0.2) is 8.78 Å². The van der Waals surface area contributed by atoms with Crippen LogP contribution in [0.25, 0.3) is 0 Å². The predicted molar refractivity (Wildman–Crippen MR) is 109 cm³/mol. The number of carbonyl (C=O) groups is 2. The number of rotatable bonds is 5. The molecule has 2 aliphatic rings. The summed E-state index contributed by atoms with van der Waals surface area (Å²) in [5.74, 6) is -1.38. The molecule has 0 aromatic heterocycles. The molecule has 8 heteroatoms. The van der Waals surface area contributed by atoms with E-state index in [2.05, 4.69) is 0 Å². The van der Waals surface area contributed by atoms with Gasteiger partial charge in [0.2, 0.25) is 0 Å². The third-order valence-corrected chi connectivity index (χ3v) is 5.64. The summed E-state index contributed by atoms with van der Waals surface area (Å²) >= 11 is 0. The average Bonchev–Trinajstić information content (AvgIpc) is 3.28. The first-order valence-corrected chi connectivity index (χ1v) is 10.4. The Morgan fingerprint density at radius 1 is 1.00 bits per heavy atom. The standard InChI is InChI=1S/C23H24F2N2O4/c24-17-5-8-21(25)20(14-17)23(29)27-9-1-2-18(27)15-31-19-6-3-16(4-7-19)22(28)26-10-12-30-13-11-26/h3-8,14,18H,1-2,9-13,15H2/t18-/m1/s1. The summed E-state index contributed by atoms with van der Waals surface area (Å²) in [4.78, 5) is 28.5. The molecule has 2 aromatic carbocycles. The van der Waals surface area contributed by atoms with Crippen molar-refractivity contribution in [2.24, 2.45) is 0 Å². The Hall–Kier alpha value is -3.00. The molecule has 0 unspecified atom stereocenters. The van der Waals surface area contributed by atoms with E-state index in [-0.39, 0.29) is 24.1 Å². The molecule has 0 bridgehead atoms. The van der Waals surface area contributed by atoms with Gasteiger partial charge in [-0.15, -0.1) is 0 Å². The first-order chi connectivity index (χ1) is 15.0. The summed E-state index contributed by atoms with van der Waals surface area (Å²) in [6, 6.07) is 9.53. The number of hydrogen-bond acceptors (Lipinski definition) is 4. The lowest BCUT2D eigenvalue weighted by molar-refractivity contribution is 0.0303. The normalized spacial score (nSPS) is 18.8. The predicted octanol–water partition coefficient (Wildman–Crippen LogP) is 3.12. The Bertz CT molecular complexity index is 945. The zero-order chi connectivity index (χ0) is 21.8. The monoisotopic (exact) mass is 430 g/mol. The number of halogens is 2. The first kappa shape index (κ1) is 21.2. The van der Waals surface area contributed by atoms with E-state index in [1.807, 2.05) is 0 Å². The molecule has 31 heavy (non-hydrogen) atoms. The van der Waals surface area contributed by atoms with Gasteiger partial charge in [0.25, 0.3) is 11.8 Å². The van der Waals surface area contributed by atoms with Gasteiger partial charge in [0.1, 0.15) is 24.0 Å². The lowest BCUT2D eigenvalue weighted by Gasteiger charge is -2.27. The Balaban J connectivity index is 1.36. The second-order valence-electron chi connectivity index (χ2n) is 7.66. The topological polar surface area (TPSA) is 59.1 Å². The number of nitrogens with zero attached hydrogens (tertiary/aromatic N) is 2. The van der Waals surface area contributed by atoms with E-state index in [0.29, 0.717) is 44.2 Å². The van der Waals surface area contributed by atoms with Gasteiger partial charge in [-0.3, -0.25) is 9.59 Å². The van der Waals surface area contributed by atoms with Gasteiger partial charge in [-0.05, 0) is 55.3 Å². The SMILES string of the molecule is O=C(c1ccc(OC[C@H]2CCCN2C(=O)c2cc(F)ccc2F)cc1)N1CCOCC1. The lowest BCUT2D eigenvalue weighted by atomic mass is 10.1. The minimum atomic E-state index is -0.738. The maximum Gasteiger partial charge on any atom is 0.257 e. The molecule has 2 aliphatic heterocycles. The fourth-order valence-corrected chi connectivity index (χ4v) is 3.93. The summed E-state index contributed by atoms with van der Waals surface area (Å²) < 4.78 is 38.6. The number of ether oxygens (including phenoxy) is 2. The van der Waals surface area contributed by atoms with Crippen LogP contribution in [-0.4, -0.2) is 67.1 Å². The van der Waals surface area contributed by atoms with Crippen LogP contribution in [0.1, 0.15) is 33.6 Å². The zero-order valence-electron chi connectivity index (χ0n) is 17.1. The molecule has 0 spiro atoms. The highest BCUT2D eigenvalue weighted by Crippen LogP contribution is 2.23. The highest BCUT2D eigenvalue weighted by atomic mass is 19.1. The third kappa shape index (κ3) is 4.85. The van der Waals surface area contributed by atoms with Crippen molar-refractivity contribution in [3.63, 3.8) is 0 Å². The van der Waals surface area contributed by atoms with Crippen molar-refractivity contribution in [3.05, 3.63) is 65.2 Å². The number of benzene rings is 2. The van der Waals surface area contributed by atoms with Gasteiger partial charge in [-0.2, -0.15) is 0 Å². The van der Waals surface area contributed by atoms with E-state index in [1.165, 1.54) is 4.90 Å². The number of amides is 2. The number of morpholine rings is 1. The summed E-state index contributed by atoms with van der Waals surface area (Å²) in [5, 5.41) is 0. The van der Waals surface area contributed by atoms with Crippen LogP contribution in [0, 0.1) is 11.6 Å². The average molecular weight is 430 g/mol. The highest BCUT2D eigenvalue weighted by molar-refractivity contribution is 5.95.